The van der Waals surface area contributed by atoms with Crippen molar-refractivity contribution in [3.63, 3.8) is 0 Å². The van der Waals surface area contributed by atoms with Gasteiger partial charge in [0.15, 0.2) is 0 Å². The van der Waals surface area contributed by atoms with Crippen molar-refractivity contribution in [2.45, 2.75) is 13.5 Å². The molecule has 4 heteroatoms. The second kappa shape index (κ2) is 6.39. The van der Waals surface area contributed by atoms with Gasteiger partial charge in [-0.2, -0.15) is 0 Å². The van der Waals surface area contributed by atoms with Crippen LogP contribution in [-0.2, 0) is 6.54 Å². The van der Waals surface area contributed by atoms with Gasteiger partial charge in [0.2, 0.25) is 0 Å². The van der Waals surface area contributed by atoms with E-state index in [4.69, 9.17) is 11.6 Å². The summed E-state index contributed by atoms with van der Waals surface area (Å²) in [7, 11) is 1.79. The van der Waals surface area contributed by atoms with Gasteiger partial charge >= 0.3 is 0 Å². The first kappa shape index (κ1) is 15.5. The smallest absolute Gasteiger partial charge is 0.254 e. The summed E-state index contributed by atoms with van der Waals surface area (Å²) in [4.78, 5) is 19.0. The van der Waals surface area contributed by atoms with Crippen molar-refractivity contribution in [2.75, 3.05) is 7.05 Å². The lowest BCUT2D eigenvalue weighted by Gasteiger charge is -2.19. The highest BCUT2D eigenvalue weighted by Gasteiger charge is 2.17. The number of para-hydroxylation sites is 1. The molecule has 0 atom stereocenters. The van der Waals surface area contributed by atoms with Crippen molar-refractivity contribution in [1.82, 2.24) is 9.88 Å². The van der Waals surface area contributed by atoms with Crippen molar-refractivity contribution in [1.29, 1.82) is 0 Å². The van der Waals surface area contributed by atoms with E-state index in [0.29, 0.717) is 17.1 Å². The van der Waals surface area contributed by atoms with Gasteiger partial charge in [-0.3, -0.25) is 9.78 Å². The molecule has 0 N–H and O–H groups in total. The Morgan fingerprint density at radius 2 is 1.83 bits per heavy atom. The first-order chi connectivity index (χ1) is 11.1. The molecule has 3 nitrogen and oxygen atoms in total. The zero-order valence-corrected chi connectivity index (χ0v) is 13.8. The molecule has 0 aliphatic heterocycles. The Kier molecular flexibility index (Phi) is 4.30. The molecule has 0 spiro atoms. The fraction of sp³-hybridized carbons (Fsp3) is 0.158. The van der Waals surface area contributed by atoms with Crippen LogP contribution in [0.3, 0.4) is 0 Å². The van der Waals surface area contributed by atoms with Gasteiger partial charge in [0.25, 0.3) is 5.91 Å². The Hall–Kier alpha value is -2.39. The SMILES string of the molecule is Cc1cc(C(=O)N(C)Cc2ccccc2Cl)c2ccccc2n1. The molecule has 0 saturated carbocycles. The van der Waals surface area contributed by atoms with Crippen molar-refractivity contribution < 1.29 is 4.79 Å². The topological polar surface area (TPSA) is 33.2 Å². The van der Waals surface area contributed by atoms with Crippen LogP contribution in [-0.4, -0.2) is 22.8 Å². The third-order valence-corrected chi connectivity index (χ3v) is 4.16. The summed E-state index contributed by atoms with van der Waals surface area (Å²) in [5, 5.41) is 1.54. The zero-order valence-electron chi connectivity index (χ0n) is 13.1. The number of carbonyl (C=O) groups excluding carboxylic acids is 1. The zero-order chi connectivity index (χ0) is 16.4. The van der Waals surface area contributed by atoms with Gasteiger partial charge in [-0.05, 0) is 30.7 Å². The number of aromatic nitrogens is 1. The van der Waals surface area contributed by atoms with Crippen molar-refractivity contribution in [2.24, 2.45) is 0 Å². The van der Waals surface area contributed by atoms with E-state index in [9.17, 15) is 4.79 Å². The van der Waals surface area contributed by atoms with E-state index in [1.165, 1.54) is 0 Å². The number of hydrogen-bond acceptors (Lipinski definition) is 2. The molecule has 1 heterocycles. The van der Waals surface area contributed by atoms with Crippen LogP contribution in [0.25, 0.3) is 10.9 Å². The number of fused-ring (bicyclic) bond motifs is 1. The summed E-state index contributed by atoms with van der Waals surface area (Å²) in [5.74, 6) is -0.0355. The van der Waals surface area contributed by atoms with Crippen LogP contribution in [0.15, 0.2) is 54.6 Å². The van der Waals surface area contributed by atoms with Crippen LogP contribution in [0.4, 0.5) is 0 Å². The Balaban J connectivity index is 1.95. The first-order valence-corrected chi connectivity index (χ1v) is 7.79. The maximum Gasteiger partial charge on any atom is 0.254 e. The molecule has 0 aliphatic rings. The fourth-order valence-corrected chi connectivity index (χ4v) is 2.84. The predicted molar refractivity (Wildman–Crippen MR) is 93.7 cm³/mol. The van der Waals surface area contributed by atoms with Crippen LogP contribution in [0.5, 0.6) is 0 Å². The Labute approximate surface area is 140 Å². The molecule has 23 heavy (non-hydrogen) atoms. The van der Waals surface area contributed by atoms with E-state index < -0.39 is 0 Å². The monoisotopic (exact) mass is 324 g/mol. The van der Waals surface area contributed by atoms with Gasteiger partial charge in [0.05, 0.1) is 11.1 Å². The quantitative estimate of drug-likeness (QED) is 0.712. The molecular weight excluding hydrogens is 308 g/mol. The molecular formula is C19H17ClN2O. The number of benzene rings is 2. The second-order valence-electron chi connectivity index (χ2n) is 5.58. The summed E-state index contributed by atoms with van der Waals surface area (Å²) in [6, 6.07) is 17.1. The molecule has 116 valence electrons. The summed E-state index contributed by atoms with van der Waals surface area (Å²) < 4.78 is 0. The molecule has 0 unspecified atom stereocenters. The standard InChI is InChI=1S/C19H17ClN2O/c1-13-11-16(15-8-4-6-10-18(15)21-13)19(23)22(2)12-14-7-3-5-9-17(14)20/h3-11H,12H2,1-2H3. The molecule has 0 aliphatic carbocycles. The number of hydrogen-bond donors (Lipinski definition) is 0. The van der Waals surface area contributed by atoms with E-state index in [0.717, 1.165) is 22.2 Å². The fourth-order valence-electron chi connectivity index (χ4n) is 2.64. The van der Waals surface area contributed by atoms with Gasteiger partial charge in [0.1, 0.15) is 0 Å². The molecule has 0 radical (unpaired) electrons. The summed E-state index contributed by atoms with van der Waals surface area (Å²) in [6.45, 7) is 2.37. The van der Waals surface area contributed by atoms with Crippen molar-refractivity contribution >= 4 is 28.4 Å². The highest BCUT2D eigenvalue weighted by Crippen LogP contribution is 2.22. The van der Waals surface area contributed by atoms with E-state index in [1.54, 1.807) is 11.9 Å². The van der Waals surface area contributed by atoms with Crippen LogP contribution in [0.2, 0.25) is 5.02 Å². The molecule has 0 bridgehead atoms. The number of carbonyl (C=O) groups is 1. The molecule has 2 aromatic carbocycles. The summed E-state index contributed by atoms with van der Waals surface area (Å²) in [5.41, 5.74) is 3.27. The van der Waals surface area contributed by atoms with Crippen LogP contribution in [0.1, 0.15) is 21.6 Å². The average molecular weight is 325 g/mol. The van der Waals surface area contributed by atoms with Crippen molar-refractivity contribution in [3.8, 4) is 0 Å². The number of nitrogens with zero attached hydrogens (tertiary/aromatic N) is 2. The molecule has 3 aromatic rings. The normalized spacial score (nSPS) is 10.7. The van der Waals surface area contributed by atoms with Gasteiger partial charge in [-0.25, -0.2) is 0 Å². The van der Waals surface area contributed by atoms with Gasteiger partial charge < -0.3 is 4.90 Å². The van der Waals surface area contributed by atoms with Crippen LogP contribution in [0, 0.1) is 6.92 Å². The Bertz CT molecular complexity index is 876. The van der Waals surface area contributed by atoms with Crippen molar-refractivity contribution in [3.05, 3.63) is 76.4 Å². The Morgan fingerprint density at radius 3 is 2.61 bits per heavy atom. The maximum absolute atomic E-state index is 12.9. The minimum Gasteiger partial charge on any atom is -0.337 e. The lowest BCUT2D eigenvalue weighted by Crippen LogP contribution is -2.26. The number of rotatable bonds is 3. The molecule has 0 fully saturated rings. The number of pyridine rings is 1. The number of halogens is 1. The highest BCUT2D eigenvalue weighted by molar-refractivity contribution is 6.31. The first-order valence-electron chi connectivity index (χ1n) is 7.41. The second-order valence-corrected chi connectivity index (χ2v) is 5.99. The minimum atomic E-state index is -0.0355. The van der Waals surface area contributed by atoms with Crippen LogP contribution < -0.4 is 0 Å². The van der Waals surface area contributed by atoms with Crippen LogP contribution >= 0.6 is 11.6 Å². The van der Waals surface area contributed by atoms with Gasteiger partial charge in [0, 0.05) is 29.7 Å². The third-order valence-electron chi connectivity index (χ3n) is 3.79. The van der Waals surface area contributed by atoms with E-state index in [2.05, 4.69) is 4.98 Å². The summed E-state index contributed by atoms with van der Waals surface area (Å²) >= 11 is 6.19. The van der Waals surface area contributed by atoms with E-state index >= 15 is 0 Å². The molecule has 3 rings (SSSR count). The third kappa shape index (κ3) is 3.20. The van der Waals surface area contributed by atoms with Gasteiger partial charge in [-0.15, -0.1) is 0 Å². The molecule has 1 amide bonds. The lowest BCUT2D eigenvalue weighted by molar-refractivity contribution is 0.0787. The van der Waals surface area contributed by atoms with E-state index in [1.807, 2.05) is 61.5 Å². The lowest BCUT2D eigenvalue weighted by atomic mass is 10.1. The summed E-state index contributed by atoms with van der Waals surface area (Å²) in [6.07, 6.45) is 0. The molecule has 0 saturated heterocycles. The number of amides is 1. The minimum absolute atomic E-state index is 0.0355. The maximum atomic E-state index is 12.9. The number of aryl methyl sites for hydroxylation is 1. The van der Waals surface area contributed by atoms with E-state index in [-0.39, 0.29) is 5.91 Å². The highest BCUT2D eigenvalue weighted by atomic mass is 35.5. The molecule has 1 aromatic heterocycles. The average Bonchev–Trinajstić information content (AvgIpc) is 2.55. The largest absolute Gasteiger partial charge is 0.337 e. The van der Waals surface area contributed by atoms with Gasteiger partial charge in [-0.1, -0.05) is 48.0 Å². The predicted octanol–water partition coefficient (Wildman–Crippen LogP) is 4.47. The Morgan fingerprint density at radius 1 is 1.13 bits per heavy atom.